The number of benzene rings is 3. The van der Waals surface area contributed by atoms with Crippen LogP contribution in [0.1, 0.15) is 42.9 Å². The van der Waals surface area contributed by atoms with Crippen LogP contribution in [0.5, 0.6) is 5.75 Å². The number of hydrogen-bond acceptors (Lipinski definition) is 5. The smallest absolute Gasteiger partial charge is 0.247 e. The van der Waals surface area contributed by atoms with Gasteiger partial charge in [-0.2, -0.15) is 0 Å². The zero-order valence-electron chi connectivity index (χ0n) is 21.6. The largest absolute Gasteiger partial charge is 0.497 e. The van der Waals surface area contributed by atoms with E-state index in [1.54, 1.807) is 16.7 Å². The highest BCUT2D eigenvalue weighted by atomic mass is 16.5. The highest BCUT2D eigenvalue weighted by molar-refractivity contribution is 5.89. The number of aromatic nitrogens is 3. The third kappa shape index (κ3) is 5.85. The lowest BCUT2D eigenvalue weighted by Crippen LogP contribution is -2.47. The minimum absolute atomic E-state index is 0.0213. The summed E-state index contributed by atoms with van der Waals surface area (Å²) in [6.45, 7) is 0.349. The molecule has 0 unspecified atom stereocenters. The molecule has 0 radical (unpaired) electrons. The Hall–Kier alpha value is -4.20. The molecule has 1 aliphatic rings. The van der Waals surface area contributed by atoms with Crippen molar-refractivity contribution in [3.05, 3.63) is 90.0 Å². The van der Waals surface area contributed by atoms with Gasteiger partial charge in [-0.25, -0.2) is 4.68 Å². The number of rotatable bonds is 10. The maximum Gasteiger partial charge on any atom is 0.247 e. The van der Waals surface area contributed by atoms with E-state index in [0.29, 0.717) is 24.3 Å². The minimum atomic E-state index is -0.809. The number of carbonyl (C=O) groups is 2. The fourth-order valence-electron chi connectivity index (χ4n) is 5.18. The van der Waals surface area contributed by atoms with E-state index in [-0.39, 0.29) is 24.4 Å². The Morgan fingerprint density at radius 1 is 1.03 bits per heavy atom. The summed E-state index contributed by atoms with van der Waals surface area (Å²) in [4.78, 5) is 29.6. The van der Waals surface area contributed by atoms with Crippen molar-refractivity contribution in [1.29, 1.82) is 0 Å². The highest BCUT2D eigenvalue weighted by Crippen LogP contribution is 2.28. The number of fused-ring (bicyclic) bond motifs is 1. The summed E-state index contributed by atoms with van der Waals surface area (Å²) < 4.78 is 7.07. The number of methoxy groups -OCH3 is 1. The number of hydrogen-bond donors (Lipinski definition) is 1. The van der Waals surface area contributed by atoms with Crippen molar-refractivity contribution in [2.45, 2.75) is 50.7 Å². The van der Waals surface area contributed by atoms with Crippen LogP contribution < -0.4 is 10.1 Å². The Morgan fingerprint density at radius 3 is 2.58 bits per heavy atom. The molecule has 1 heterocycles. The fraction of sp³-hybridized carbons (Fsp3) is 0.333. The van der Waals surface area contributed by atoms with Crippen molar-refractivity contribution >= 4 is 22.8 Å². The number of carbonyl (C=O) groups excluding carboxylic acids is 2. The Bertz CT molecular complexity index is 1380. The summed E-state index contributed by atoms with van der Waals surface area (Å²) in [5.41, 5.74) is 3.30. The van der Waals surface area contributed by atoms with Crippen molar-refractivity contribution in [3.8, 4) is 5.75 Å². The van der Waals surface area contributed by atoms with Crippen LogP contribution in [0.25, 0.3) is 11.0 Å². The predicted octanol–water partition coefficient (Wildman–Crippen LogP) is 4.31. The Balaban J connectivity index is 1.50. The van der Waals surface area contributed by atoms with Crippen molar-refractivity contribution < 1.29 is 14.3 Å². The van der Waals surface area contributed by atoms with E-state index in [0.717, 1.165) is 42.3 Å². The molecule has 1 saturated carbocycles. The zero-order valence-corrected chi connectivity index (χ0v) is 21.6. The Morgan fingerprint density at radius 2 is 1.79 bits per heavy atom. The van der Waals surface area contributed by atoms with Crippen molar-refractivity contribution in [3.63, 3.8) is 0 Å². The van der Waals surface area contributed by atoms with Gasteiger partial charge in [0.25, 0.3) is 0 Å². The predicted molar refractivity (Wildman–Crippen MR) is 146 cm³/mol. The molecule has 5 rings (SSSR count). The van der Waals surface area contributed by atoms with Gasteiger partial charge >= 0.3 is 0 Å². The number of nitrogens with one attached hydrogen (secondary N) is 1. The molecule has 8 nitrogen and oxygen atoms in total. The van der Waals surface area contributed by atoms with Gasteiger partial charge in [0.15, 0.2) is 0 Å². The molecule has 1 aromatic heterocycles. The molecule has 1 aliphatic carbocycles. The van der Waals surface area contributed by atoms with Crippen LogP contribution in [-0.2, 0) is 22.6 Å². The first-order chi connectivity index (χ1) is 18.6. The first-order valence-corrected chi connectivity index (χ1v) is 13.2. The summed E-state index contributed by atoms with van der Waals surface area (Å²) in [5.74, 6) is 0.264. The van der Waals surface area contributed by atoms with E-state index in [1.165, 1.54) is 0 Å². The van der Waals surface area contributed by atoms with E-state index in [2.05, 4.69) is 15.6 Å². The van der Waals surface area contributed by atoms with Gasteiger partial charge in [0.05, 0.1) is 12.6 Å². The first kappa shape index (κ1) is 25.4. The van der Waals surface area contributed by atoms with Crippen LogP contribution in [0, 0.1) is 0 Å². The molecule has 0 saturated heterocycles. The Kier molecular flexibility index (Phi) is 7.97. The molecule has 196 valence electrons. The molecular weight excluding hydrogens is 478 g/mol. The molecule has 2 amide bonds. The van der Waals surface area contributed by atoms with E-state index in [9.17, 15) is 9.59 Å². The molecule has 38 heavy (non-hydrogen) atoms. The second-order valence-electron chi connectivity index (χ2n) is 9.73. The average molecular weight is 512 g/mol. The maximum atomic E-state index is 14.0. The topological polar surface area (TPSA) is 89.4 Å². The summed E-state index contributed by atoms with van der Waals surface area (Å²) >= 11 is 0. The molecule has 3 aromatic carbocycles. The minimum Gasteiger partial charge on any atom is -0.497 e. The van der Waals surface area contributed by atoms with Gasteiger partial charge in [0, 0.05) is 12.6 Å². The van der Waals surface area contributed by atoms with Crippen LogP contribution >= 0.6 is 0 Å². The van der Waals surface area contributed by atoms with E-state index in [1.807, 2.05) is 78.9 Å². The molecule has 1 atom stereocenters. The molecule has 0 aliphatic heterocycles. The van der Waals surface area contributed by atoms with Crippen LogP contribution in [0.4, 0.5) is 0 Å². The number of amides is 2. The van der Waals surface area contributed by atoms with E-state index >= 15 is 0 Å². The zero-order chi connectivity index (χ0) is 26.3. The average Bonchev–Trinajstić information content (AvgIpc) is 3.61. The van der Waals surface area contributed by atoms with Crippen LogP contribution in [0.15, 0.2) is 78.9 Å². The van der Waals surface area contributed by atoms with Crippen LogP contribution in [0.2, 0.25) is 0 Å². The molecule has 8 heteroatoms. The second-order valence-corrected chi connectivity index (χ2v) is 9.73. The molecule has 4 aromatic rings. The number of para-hydroxylation sites is 1. The molecule has 1 N–H and O–H groups in total. The lowest BCUT2D eigenvalue weighted by molar-refractivity contribution is -0.141. The summed E-state index contributed by atoms with van der Waals surface area (Å²) in [6.07, 6.45) is 4.73. The third-order valence-corrected chi connectivity index (χ3v) is 7.18. The van der Waals surface area contributed by atoms with Gasteiger partial charge in [-0.15, -0.1) is 5.10 Å². The molecule has 0 bridgehead atoms. The van der Waals surface area contributed by atoms with Gasteiger partial charge in [-0.05, 0) is 54.7 Å². The van der Waals surface area contributed by atoms with E-state index < -0.39 is 6.04 Å². The van der Waals surface area contributed by atoms with Gasteiger partial charge in [0.1, 0.15) is 23.9 Å². The monoisotopic (exact) mass is 511 g/mol. The quantitative estimate of drug-likeness (QED) is 0.343. The maximum absolute atomic E-state index is 14.0. The van der Waals surface area contributed by atoms with E-state index in [4.69, 9.17) is 4.74 Å². The summed E-state index contributed by atoms with van der Waals surface area (Å²) in [7, 11) is 1.60. The Labute approximate surface area is 222 Å². The van der Waals surface area contributed by atoms with Gasteiger partial charge in [0.2, 0.25) is 11.8 Å². The van der Waals surface area contributed by atoms with Gasteiger partial charge in [-0.3, -0.25) is 9.59 Å². The first-order valence-electron chi connectivity index (χ1n) is 13.2. The third-order valence-electron chi connectivity index (χ3n) is 7.18. The second kappa shape index (κ2) is 11.9. The van der Waals surface area contributed by atoms with Crippen molar-refractivity contribution in [1.82, 2.24) is 25.2 Å². The van der Waals surface area contributed by atoms with Crippen molar-refractivity contribution in [2.75, 3.05) is 13.7 Å². The fourth-order valence-corrected chi connectivity index (χ4v) is 5.18. The molecule has 1 fully saturated rings. The SMILES string of the molecule is COc1cccc([C@H](C(=O)NC2CCCC2)N(CCc2ccccc2)C(=O)Cn2nnc3ccccc32)c1. The van der Waals surface area contributed by atoms with Crippen LogP contribution in [-0.4, -0.2) is 51.4 Å². The summed E-state index contributed by atoms with van der Waals surface area (Å²) in [5, 5.41) is 11.7. The van der Waals surface area contributed by atoms with Crippen LogP contribution in [0.3, 0.4) is 0 Å². The molecular formula is C30H33N5O3. The lowest BCUT2D eigenvalue weighted by Gasteiger charge is -2.32. The normalized spacial score (nSPS) is 14.3. The standard InChI is InChI=1S/C30H33N5O3/c1-38-25-15-9-12-23(20-25)29(30(37)31-24-13-5-6-14-24)34(19-18-22-10-3-2-4-11-22)28(36)21-35-27-17-8-7-16-26(27)32-33-35/h2-4,7-12,15-17,20,24,29H,5-6,13-14,18-19,21H2,1H3,(H,31,37)/t29-/m1/s1. The highest BCUT2D eigenvalue weighted by Gasteiger charge is 2.33. The number of ether oxygens (including phenoxy) is 1. The van der Waals surface area contributed by atoms with Gasteiger partial charge < -0.3 is 15.0 Å². The van der Waals surface area contributed by atoms with Crippen molar-refractivity contribution in [2.24, 2.45) is 0 Å². The lowest BCUT2D eigenvalue weighted by atomic mass is 10.0. The van der Waals surface area contributed by atoms with Gasteiger partial charge in [-0.1, -0.05) is 72.7 Å². The summed E-state index contributed by atoms with van der Waals surface area (Å²) in [6, 6.07) is 24.3. The molecule has 0 spiro atoms. The number of nitrogens with zero attached hydrogens (tertiary/aromatic N) is 4.